The van der Waals surface area contributed by atoms with Crippen LogP contribution in [0.3, 0.4) is 0 Å². The average Bonchev–Trinajstić information content (AvgIpc) is 3.24. The first-order valence-electron chi connectivity index (χ1n) is 6.85. The maximum atomic E-state index is 12.5. The Morgan fingerprint density at radius 3 is 2.73 bits per heavy atom. The first-order chi connectivity index (χ1) is 12.3. The lowest BCUT2D eigenvalue weighted by Gasteiger charge is -2.10. The van der Waals surface area contributed by atoms with Crippen LogP contribution in [-0.2, 0) is 10.0 Å². The van der Waals surface area contributed by atoms with Crippen molar-refractivity contribution in [1.82, 2.24) is 4.98 Å². The number of nitrogens with one attached hydrogen (secondary N) is 1. The number of ether oxygens (including phenoxy) is 1. The highest BCUT2D eigenvalue weighted by atomic mass is 35.5. The van der Waals surface area contributed by atoms with Crippen molar-refractivity contribution >= 4 is 44.3 Å². The van der Waals surface area contributed by atoms with Crippen LogP contribution in [0.5, 0.6) is 5.75 Å². The molecule has 136 valence electrons. The Hall–Kier alpha value is -2.63. The Labute approximate surface area is 156 Å². The van der Waals surface area contributed by atoms with Crippen molar-refractivity contribution in [3.05, 3.63) is 51.3 Å². The van der Waals surface area contributed by atoms with E-state index in [9.17, 15) is 18.5 Å². The number of sulfonamides is 1. The summed E-state index contributed by atoms with van der Waals surface area (Å²) in [6.07, 6.45) is 2.76. The molecule has 0 saturated heterocycles. The van der Waals surface area contributed by atoms with Gasteiger partial charge >= 0.3 is 0 Å². The minimum atomic E-state index is -4.05. The highest BCUT2D eigenvalue weighted by Crippen LogP contribution is 2.38. The SMILES string of the molecule is COc1cc(NS(=O)(=O)c2cc([N+](=O)[O-])c(Cl)s2)ccc1-c1cnco1. The van der Waals surface area contributed by atoms with Crippen LogP contribution in [0.2, 0.25) is 4.34 Å². The first-order valence-corrected chi connectivity index (χ1v) is 9.53. The lowest BCUT2D eigenvalue weighted by atomic mass is 10.1. The molecule has 0 fully saturated rings. The number of anilines is 1. The maximum absolute atomic E-state index is 12.5. The number of hydrogen-bond donors (Lipinski definition) is 1. The summed E-state index contributed by atoms with van der Waals surface area (Å²) in [5, 5.41) is 10.8. The summed E-state index contributed by atoms with van der Waals surface area (Å²) < 4.78 is 37.2. The molecular formula is C14H10ClN3O6S2. The first kappa shape index (κ1) is 18.2. The zero-order valence-electron chi connectivity index (χ0n) is 13.0. The van der Waals surface area contributed by atoms with Crippen LogP contribution >= 0.6 is 22.9 Å². The molecule has 0 spiro atoms. The zero-order chi connectivity index (χ0) is 18.9. The number of benzene rings is 1. The zero-order valence-corrected chi connectivity index (χ0v) is 15.4. The third-order valence-corrected chi connectivity index (χ3v) is 6.45. The fourth-order valence-corrected chi connectivity index (χ4v) is 4.82. The van der Waals surface area contributed by atoms with E-state index in [1.54, 1.807) is 6.07 Å². The fourth-order valence-electron chi connectivity index (χ4n) is 2.11. The largest absolute Gasteiger partial charge is 0.496 e. The van der Waals surface area contributed by atoms with E-state index in [-0.39, 0.29) is 14.2 Å². The van der Waals surface area contributed by atoms with Crippen molar-refractivity contribution in [3.63, 3.8) is 0 Å². The number of thiophene rings is 1. The molecule has 12 heteroatoms. The monoisotopic (exact) mass is 415 g/mol. The van der Waals surface area contributed by atoms with Crippen molar-refractivity contribution in [2.45, 2.75) is 4.21 Å². The third-order valence-electron chi connectivity index (χ3n) is 3.26. The van der Waals surface area contributed by atoms with Gasteiger partial charge in [-0.05, 0) is 12.1 Å². The van der Waals surface area contributed by atoms with Crippen LogP contribution in [0.25, 0.3) is 11.3 Å². The molecule has 26 heavy (non-hydrogen) atoms. The lowest BCUT2D eigenvalue weighted by molar-refractivity contribution is -0.384. The summed E-state index contributed by atoms with van der Waals surface area (Å²) in [6, 6.07) is 5.47. The van der Waals surface area contributed by atoms with E-state index in [1.807, 2.05) is 0 Å². The van der Waals surface area contributed by atoms with Gasteiger partial charge in [-0.1, -0.05) is 11.6 Å². The van der Waals surface area contributed by atoms with Crippen molar-refractivity contribution < 1.29 is 22.5 Å². The summed E-state index contributed by atoms with van der Waals surface area (Å²) in [5.41, 5.74) is 0.329. The van der Waals surface area contributed by atoms with Crippen LogP contribution in [0.15, 0.2) is 45.5 Å². The summed E-state index contributed by atoms with van der Waals surface area (Å²) in [7, 11) is -2.63. The highest BCUT2D eigenvalue weighted by molar-refractivity contribution is 7.94. The van der Waals surface area contributed by atoms with Gasteiger partial charge in [-0.2, -0.15) is 0 Å². The fraction of sp³-hybridized carbons (Fsp3) is 0.0714. The Morgan fingerprint density at radius 2 is 2.15 bits per heavy atom. The van der Waals surface area contributed by atoms with Gasteiger partial charge in [0.25, 0.3) is 15.7 Å². The van der Waals surface area contributed by atoms with E-state index in [1.165, 1.54) is 31.8 Å². The molecule has 9 nitrogen and oxygen atoms in total. The number of halogens is 1. The van der Waals surface area contributed by atoms with E-state index < -0.39 is 20.6 Å². The van der Waals surface area contributed by atoms with E-state index in [0.717, 1.165) is 6.07 Å². The van der Waals surface area contributed by atoms with Crippen LogP contribution in [0.4, 0.5) is 11.4 Å². The predicted molar refractivity (Wildman–Crippen MR) is 95.3 cm³/mol. The van der Waals surface area contributed by atoms with E-state index >= 15 is 0 Å². The quantitative estimate of drug-likeness (QED) is 0.479. The standard InChI is InChI=1S/C14H10ClN3O6S2/c1-23-11-4-8(2-3-9(11)12-6-16-7-24-12)17-26(21,22)13-5-10(18(19)20)14(15)25-13/h2-7,17H,1H3. The molecule has 0 saturated carbocycles. The normalized spacial score (nSPS) is 11.3. The number of oxazole rings is 1. The minimum Gasteiger partial charge on any atom is -0.496 e. The maximum Gasteiger partial charge on any atom is 0.300 e. The summed E-state index contributed by atoms with van der Waals surface area (Å²) in [6.45, 7) is 0. The number of rotatable bonds is 6. The second-order valence-electron chi connectivity index (χ2n) is 4.87. The van der Waals surface area contributed by atoms with E-state index in [0.29, 0.717) is 28.4 Å². The second-order valence-corrected chi connectivity index (χ2v) is 8.43. The van der Waals surface area contributed by atoms with Gasteiger partial charge in [0, 0.05) is 12.1 Å². The number of methoxy groups -OCH3 is 1. The van der Waals surface area contributed by atoms with Crippen molar-refractivity contribution in [2.75, 3.05) is 11.8 Å². The van der Waals surface area contributed by atoms with Gasteiger partial charge in [-0.3, -0.25) is 14.8 Å². The van der Waals surface area contributed by atoms with Gasteiger partial charge in [-0.25, -0.2) is 13.4 Å². The summed E-state index contributed by atoms with van der Waals surface area (Å²) in [4.78, 5) is 13.9. The van der Waals surface area contributed by atoms with E-state index in [4.69, 9.17) is 20.8 Å². The number of aromatic nitrogens is 1. The smallest absolute Gasteiger partial charge is 0.300 e. The van der Waals surface area contributed by atoms with Gasteiger partial charge in [0.1, 0.15) is 9.96 Å². The lowest BCUT2D eigenvalue weighted by Crippen LogP contribution is -2.11. The van der Waals surface area contributed by atoms with Crippen molar-refractivity contribution in [2.24, 2.45) is 0 Å². The van der Waals surface area contributed by atoms with Gasteiger partial charge in [0.05, 0.1) is 29.5 Å². The Morgan fingerprint density at radius 1 is 1.38 bits per heavy atom. The van der Waals surface area contributed by atoms with E-state index in [2.05, 4.69) is 9.71 Å². The number of nitrogens with zero attached hydrogens (tertiary/aromatic N) is 2. The highest BCUT2D eigenvalue weighted by Gasteiger charge is 2.25. The molecular weight excluding hydrogens is 406 g/mol. The number of hydrogen-bond acceptors (Lipinski definition) is 8. The van der Waals surface area contributed by atoms with Crippen LogP contribution in [0.1, 0.15) is 0 Å². The molecule has 0 bridgehead atoms. The number of nitro groups is 1. The average molecular weight is 416 g/mol. The van der Waals surface area contributed by atoms with Crippen molar-refractivity contribution in [1.29, 1.82) is 0 Å². The molecule has 0 aliphatic carbocycles. The molecule has 3 aromatic rings. The minimum absolute atomic E-state index is 0.206. The molecule has 3 rings (SSSR count). The molecule has 0 radical (unpaired) electrons. The summed E-state index contributed by atoms with van der Waals surface area (Å²) in [5.74, 6) is 0.814. The molecule has 0 atom stereocenters. The molecule has 0 amide bonds. The Balaban J connectivity index is 1.93. The molecule has 0 unspecified atom stereocenters. The Bertz CT molecular complexity index is 1060. The summed E-state index contributed by atoms with van der Waals surface area (Å²) >= 11 is 6.32. The predicted octanol–water partition coefficient (Wildman–Crippen LogP) is 3.77. The molecule has 0 aliphatic rings. The second kappa shape index (κ2) is 6.94. The topological polar surface area (TPSA) is 125 Å². The molecule has 1 N–H and O–H groups in total. The van der Waals surface area contributed by atoms with Gasteiger partial charge in [0.2, 0.25) is 0 Å². The van der Waals surface area contributed by atoms with Crippen LogP contribution < -0.4 is 9.46 Å². The third kappa shape index (κ3) is 3.49. The van der Waals surface area contributed by atoms with Gasteiger partial charge in [-0.15, -0.1) is 11.3 Å². The van der Waals surface area contributed by atoms with Crippen LogP contribution in [-0.4, -0.2) is 25.4 Å². The van der Waals surface area contributed by atoms with Gasteiger partial charge in [0.15, 0.2) is 16.5 Å². The molecule has 2 aromatic heterocycles. The van der Waals surface area contributed by atoms with Crippen LogP contribution in [0, 0.1) is 10.1 Å². The molecule has 1 aromatic carbocycles. The Kier molecular flexibility index (Phi) is 4.85. The van der Waals surface area contributed by atoms with Gasteiger partial charge < -0.3 is 9.15 Å². The molecule has 0 aliphatic heterocycles. The van der Waals surface area contributed by atoms with Crippen molar-refractivity contribution in [3.8, 4) is 17.1 Å². The molecule has 2 heterocycles.